The largest absolute Gasteiger partial charge is 0.465 e. The molecule has 4 aromatic carbocycles. The standard InChI is InChI=1S/C32H24N2O5/c1-38-31(36)23-17-15-21(16-18-23)20-39-32(37)25-12-6-8-14-28(25)34-30(35)26-19-29(22-9-3-2-4-10-22)33-27-13-7-5-11-24(26)27/h2-19H,20H2,1H3,(H,34,35). The molecule has 0 saturated carbocycles. The van der Waals surface area contributed by atoms with Gasteiger partial charge in [0.2, 0.25) is 0 Å². The molecule has 0 aliphatic rings. The van der Waals surface area contributed by atoms with Crippen LogP contribution in [-0.4, -0.2) is 29.9 Å². The highest BCUT2D eigenvalue weighted by Crippen LogP contribution is 2.26. The number of carbonyl (C=O) groups excluding carboxylic acids is 3. The van der Waals surface area contributed by atoms with E-state index in [0.717, 1.165) is 5.56 Å². The summed E-state index contributed by atoms with van der Waals surface area (Å²) in [7, 11) is 1.31. The van der Waals surface area contributed by atoms with Gasteiger partial charge < -0.3 is 14.8 Å². The van der Waals surface area contributed by atoms with Gasteiger partial charge in [0.1, 0.15) is 6.61 Å². The topological polar surface area (TPSA) is 94.6 Å². The number of nitrogens with zero attached hydrogens (tertiary/aromatic N) is 1. The highest BCUT2D eigenvalue weighted by Gasteiger charge is 2.18. The number of benzene rings is 4. The van der Waals surface area contributed by atoms with E-state index in [1.165, 1.54) is 7.11 Å². The van der Waals surface area contributed by atoms with Crippen molar-refractivity contribution in [1.29, 1.82) is 0 Å². The number of rotatable bonds is 7. The maximum Gasteiger partial charge on any atom is 0.340 e. The molecule has 0 unspecified atom stereocenters. The predicted octanol–water partition coefficient (Wildman–Crippen LogP) is 6.30. The minimum atomic E-state index is -0.590. The molecule has 0 bridgehead atoms. The zero-order chi connectivity index (χ0) is 27.2. The molecule has 1 heterocycles. The van der Waals surface area contributed by atoms with E-state index in [-0.39, 0.29) is 18.1 Å². The minimum absolute atomic E-state index is 0.00199. The molecule has 5 rings (SSSR count). The van der Waals surface area contributed by atoms with Crippen molar-refractivity contribution in [3.8, 4) is 11.3 Å². The lowest BCUT2D eigenvalue weighted by Crippen LogP contribution is -2.16. The molecule has 1 amide bonds. The number of para-hydroxylation sites is 2. The fraction of sp³-hybridized carbons (Fsp3) is 0.0625. The third-order valence-electron chi connectivity index (χ3n) is 6.17. The molecule has 1 aromatic heterocycles. The van der Waals surface area contributed by atoms with E-state index in [9.17, 15) is 14.4 Å². The molecule has 0 aliphatic heterocycles. The average Bonchev–Trinajstić information content (AvgIpc) is 2.99. The summed E-state index contributed by atoms with van der Waals surface area (Å²) in [6.07, 6.45) is 0. The van der Waals surface area contributed by atoms with E-state index in [2.05, 4.69) is 5.32 Å². The fourth-order valence-electron chi connectivity index (χ4n) is 4.16. The van der Waals surface area contributed by atoms with Crippen molar-refractivity contribution in [3.05, 3.63) is 131 Å². The fourth-order valence-corrected chi connectivity index (χ4v) is 4.16. The Labute approximate surface area is 225 Å². The molecule has 0 aliphatic carbocycles. The molecule has 0 spiro atoms. The summed E-state index contributed by atoms with van der Waals surface area (Å²) in [5, 5.41) is 3.58. The van der Waals surface area contributed by atoms with Crippen molar-refractivity contribution in [2.75, 3.05) is 12.4 Å². The third kappa shape index (κ3) is 5.67. The molecule has 5 aromatic rings. The first-order chi connectivity index (χ1) is 19.0. The van der Waals surface area contributed by atoms with Crippen LogP contribution in [0.2, 0.25) is 0 Å². The van der Waals surface area contributed by atoms with Crippen LogP contribution in [-0.2, 0) is 16.1 Å². The minimum Gasteiger partial charge on any atom is -0.465 e. The molecule has 0 saturated heterocycles. The number of ether oxygens (including phenoxy) is 2. The smallest absolute Gasteiger partial charge is 0.340 e. The number of methoxy groups -OCH3 is 1. The predicted molar refractivity (Wildman–Crippen MR) is 148 cm³/mol. The molecule has 39 heavy (non-hydrogen) atoms. The van der Waals surface area contributed by atoms with E-state index in [4.69, 9.17) is 14.5 Å². The highest BCUT2D eigenvalue weighted by molar-refractivity contribution is 6.14. The zero-order valence-corrected chi connectivity index (χ0v) is 21.1. The van der Waals surface area contributed by atoms with Gasteiger partial charge in [-0.05, 0) is 42.0 Å². The summed E-state index contributed by atoms with van der Waals surface area (Å²) in [5.74, 6) is -1.40. The number of hydrogen-bond donors (Lipinski definition) is 1. The Morgan fingerprint density at radius 3 is 2.21 bits per heavy atom. The van der Waals surface area contributed by atoms with Gasteiger partial charge in [0.25, 0.3) is 5.91 Å². The number of pyridine rings is 1. The van der Waals surface area contributed by atoms with Crippen LogP contribution in [0.25, 0.3) is 22.2 Å². The molecule has 0 fully saturated rings. The molecule has 0 atom stereocenters. The monoisotopic (exact) mass is 516 g/mol. The summed E-state index contributed by atoms with van der Waals surface area (Å²) in [6, 6.07) is 32.1. The second kappa shape index (κ2) is 11.4. The lowest BCUT2D eigenvalue weighted by Gasteiger charge is -2.13. The van der Waals surface area contributed by atoms with Gasteiger partial charge in [-0.2, -0.15) is 0 Å². The van der Waals surface area contributed by atoms with Crippen LogP contribution in [0.5, 0.6) is 0 Å². The van der Waals surface area contributed by atoms with Crippen LogP contribution in [0.1, 0.15) is 36.6 Å². The first-order valence-electron chi connectivity index (χ1n) is 12.2. The number of fused-ring (bicyclic) bond motifs is 1. The second-order valence-corrected chi connectivity index (χ2v) is 8.70. The number of esters is 2. The number of anilines is 1. The van der Waals surface area contributed by atoms with E-state index >= 15 is 0 Å². The highest BCUT2D eigenvalue weighted by atomic mass is 16.5. The van der Waals surface area contributed by atoms with E-state index in [1.54, 1.807) is 54.6 Å². The molecule has 1 N–H and O–H groups in total. The average molecular weight is 517 g/mol. The zero-order valence-electron chi connectivity index (χ0n) is 21.1. The Bertz CT molecular complexity index is 1660. The van der Waals surface area contributed by atoms with Crippen molar-refractivity contribution in [3.63, 3.8) is 0 Å². The van der Waals surface area contributed by atoms with Gasteiger partial charge in [-0.25, -0.2) is 14.6 Å². The van der Waals surface area contributed by atoms with Crippen molar-refractivity contribution in [2.24, 2.45) is 0 Å². The van der Waals surface area contributed by atoms with E-state index < -0.39 is 11.9 Å². The second-order valence-electron chi connectivity index (χ2n) is 8.70. The lowest BCUT2D eigenvalue weighted by molar-refractivity contribution is 0.0472. The Morgan fingerprint density at radius 1 is 0.744 bits per heavy atom. The van der Waals surface area contributed by atoms with Crippen molar-refractivity contribution in [2.45, 2.75) is 6.61 Å². The maximum atomic E-state index is 13.5. The van der Waals surface area contributed by atoms with Gasteiger partial charge in [0.15, 0.2) is 0 Å². The van der Waals surface area contributed by atoms with Crippen molar-refractivity contribution < 1.29 is 23.9 Å². The Hall–Kier alpha value is -5.30. The van der Waals surface area contributed by atoms with Gasteiger partial charge in [-0.3, -0.25) is 4.79 Å². The van der Waals surface area contributed by atoms with Gasteiger partial charge in [-0.15, -0.1) is 0 Å². The first kappa shape index (κ1) is 25.4. The van der Waals surface area contributed by atoms with Gasteiger partial charge >= 0.3 is 11.9 Å². The van der Waals surface area contributed by atoms with Crippen LogP contribution in [0.15, 0.2) is 109 Å². The first-order valence-corrected chi connectivity index (χ1v) is 12.2. The van der Waals surface area contributed by atoms with Crippen LogP contribution in [0.3, 0.4) is 0 Å². The van der Waals surface area contributed by atoms with Crippen LogP contribution in [0.4, 0.5) is 5.69 Å². The Balaban J connectivity index is 1.37. The third-order valence-corrected chi connectivity index (χ3v) is 6.17. The summed E-state index contributed by atoms with van der Waals surface area (Å²) in [6.45, 7) is -0.00199. The van der Waals surface area contributed by atoms with Gasteiger partial charge in [0.05, 0.1) is 40.7 Å². The van der Waals surface area contributed by atoms with Crippen LogP contribution < -0.4 is 5.32 Å². The maximum absolute atomic E-state index is 13.5. The quantitative estimate of drug-likeness (QED) is 0.255. The summed E-state index contributed by atoms with van der Waals surface area (Å²) in [4.78, 5) is 42.9. The number of aromatic nitrogens is 1. The van der Waals surface area contributed by atoms with Crippen LogP contribution >= 0.6 is 0 Å². The summed E-state index contributed by atoms with van der Waals surface area (Å²) in [5.41, 5.74) is 4.35. The number of carbonyl (C=O) groups is 3. The van der Waals surface area contributed by atoms with Crippen molar-refractivity contribution >= 4 is 34.4 Å². The molecular weight excluding hydrogens is 492 g/mol. The number of amides is 1. The molecule has 0 radical (unpaired) electrons. The Kier molecular flexibility index (Phi) is 7.41. The van der Waals surface area contributed by atoms with Crippen LogP contribution in [0, 0.1) is 0 Å². The Morgan fingerprint density at radius 2 is 1.44 bits per heavy atom. The van der Waals surface area contributed by atoms with Gasteiger partial charge in [0, 0.05) is 10.9 Å². The summed E-state index contributed by atoms with van der Waals surface area (Å²) >= 11 is 0. The van der Waals surface area contributed by atoms with E-state index in [1.807, 2.05) is 54.6 Å². The molecular formula is C32H24N2O5. The summed E-state index contributed by atoms with van der Waals surface area (Å²) < 4.78 is 10.2. The van der Waals surface area contributed by atoms with Gasteiger partial charge in [-0.1, -0.05) is 72.8 Å². The molecule has 7 nitrogen and oxygen atoms in total. The molecule has 192 valence electrons. The van der Waals surface area contributed by atoms with E-state index in [0.29, 0.717) is 39.0 Å². The van der Waals surface area contributed by atoms with Crippen molar-refractivity contribution in [1.82, 2.24) is 4.98 Å². The number of nitrogens with one attached hydrogen (secondary N) is 1. The molecule has 7 heteroatoms. The number of hydrogen-bond acceptors (Lipinski definition) is 6. The normalized spacial score (nSPS) is 10.6. The SMILES string of the molecule is COC(=O)c1ccc(COC(=O)c2ccccc2NC(=O)c2cc(-c3ccccc3)nc3ccccc23)cc1. The lowest BCUT2D eigenvalue weighted by atomic mass is 10.0.